The minimum atomic E-state index is -1.20. The van der Waals surface area contributed by atoms with Crippen molar-refractivity contribution in [1.29, 1.82) is 0 Å². The van der Waals surface area contributed by atoms with E-state index in [9.17, 15) is 15.0 Å². The van der Waals surface area contributed by atoms with E-state index in [0.717, 1.165) is 24.2 Å². The van der Waals surface area contributed by atoms with Crippen molar-refractivity contribution < 1.29 is 28.9 Å². The molecule has 0 saturated carbocycles. The van der Waals surface area contributed by atoms with Crippen LogP contribution in [0.4, 0.5) is 0 Å². The Morgan fingerprint density at radius 3 is 2.46 bits per heavy atom. The average Bonchev–Trinajstić information content (AvgIpc) is 3.31. The Morgan fingerprint density at radius 1 is 1.11 bits per heavy atom. The predicted molar refractivity (Wildman–Crippen MR) is 103 cm³/mol. The molecular weight excluding hydrogens is 360 g/mol. The number of unbranched alkanes of at least 4 members (excludes halogenated alkanes) is 1. The molecule has 4 rings (SSSR count). The summed E-state index contributed by atoms with van der Waals surface area (Å²) in [4.78, 5) is 11.5. The number of furan rings is 1. The Labute approximate surface area is 162 Å². The standard InChI is InChI=1S/C22H22O6/c1-2-3-4-19-20(17-13-14(21(24)25)5-10-18(17)28-19)22(26-11-12-27-22)15-6-8-16(23)9-7-15/h5-10,13,23H,2-4,11-12H2,1H3,(H,24,25). The van der Waals surface area contributed by atoms with Crippen molar-refractivity contribution in [3.63, 3.8) is 0 Å². The van der Waals surface area contributed by atoms with Crippen molar-refractivity contribution in [1.82, 2.24) is 0 Å². The number of aromatic carboxylic acids is 1. The lowest BCUT2D eigenvalue weighted by molar-refractivity contribution is -0.129. The van der Waals surface area contributed by atoms with Gasteiger partial charge in [-0.3, -0.25) is 0 Å². The maximum Gasteiger partial charge on any atom is 0.335 e. The smallest absolute Gasteiger partial charge is 0.335 e. The van der Waals surface area contributed by atoms with E-state index in [1.54, 1.807) is 36.4 Å². The highest BCUT2D eigenvalue weighted by Crippen LogP contribution is 2.45. The summed E-state index contributed by atoms with van der Waals surface area (Å²) in [6.45, 7) is 2.90. The lowest BCUT2D eigenvalue weighted by Gasteiger charge is -2.28. The Balaban J connectivity index is 1.98. The number of benzene rings is 2. The quantitative estimate of drug-likeness (QED) is 0.656. The van der Waals surface area contributed by atoms with Crippen molar-refractivity contribution in [3.05, 3.63) is 64.9 Å². The molecule has 0 unspecified atom stereocenters. The van der Waals surface area contributed by atoms with Gasteiger partial charge in [0, 0.05) is 17.4 Å². The van der Waals surface area contributed by atoms with Gasteiger partial charge >= 0.3 is 5.97 Å². The fraction of sp³-hybridized carbons (Fsp3) is 0.318. The normalized spacial score (nSPS) is 15.9. The second kappa shape index (κ2) is 7.30. The Morgan fingerprint density at radius 2 is 1.82 bits per heavy atom. The van der Waals surface area contributed by atoms with E-state index in [2.05, 4.69) is 6.92 Å². The number of hydrogen-bond acceptors (Lipinski definition) is 5. The molecule has 0 spiro atoms. The SMILES string of the molecule is CCCCc1oc2ccc(C(=O)O)cc2c1C1(c2ccc(O)cc2)OCCO1. The zero-order valence-corrected chi connectivity index (χ0v) is 15.6. The molecule has 6 heteroatoms. The number of fused-ring (bicyclic) bond motifs is 1. The van der Waals surface area contributed by atoms with Crippen LogP contribution in [0.3, 0.4) is 0 Å². The molecule has 0 atom stereocenters. The molecule has 1 saturated heterocycles. The first kappa shape index (κ1) is 18.5. The van der Waals surface area contributed by atoms with Crippen LogP contribution in [0.1, 0.15) is 47.0 Å². The van der Waals surface area contributed by atoms with Gasteiger partial charge in [-0.15, -0.1) is 0 Å². The molecule has 6 nitrogen and oxygen atoms in total. The fourth-order valence-corrected chi connectivity index (χ4v) is 3.70. The lowest BCUT2D eigenvalue weighted by atomic mass is 9.92. The molecule has 2 N–H and O–H groups in total. The average molecular weight is 382 g/mol. The Kier molecular flexibility index (Phi) is 4.83. The van der Waals surface area contributed by atoms with Crippen LogP contribution in [0.15, 0.2) is 46.9 Å². The van der Waals surface area contributed by atoms with Gasteiger partial charge in [-0.05, 0) is 48.9 Å². The number of phenolic OH excluding ortho intramolecular Hbond substituents is 1. The number of aryl methyl sites for hydroxylation is 1. The van der Waals surface area contributed by atoms with Gasteiger partial charge in [0.2, 0.25) is 5.79 Å². The topological polar surface area (TPSA) is 89.1 Å². The van der Waals surface area contributed by atoms with Crippen LogP contribution in [-0.2, 0) is 21.7 Å². The molecule has 28 heavy (non-hydrogen) atoms. The van der Waals surface area contributed by atoms with E-state index in [-0.39, 0.29) is 11.3 Å². The summed E-state index contributed by atoms with van der Waals surface area (Å²) in [5.41, 5.74) is 2.21. The predicted octanol–water partition coefficient (Wildman–Crippen LogP) is 4.43. The summed E-state index contributed by atoms with van der Waals surface area (Å²) in [7, 11) is 0. The summed E-state index contributed by atoms with van der Waals surface area (Å²) < 4.78 is 18.4. The van der Waals surface area contributed by atoms with Gasteiger partial charge < -0.3 is 24.1 Å². The molecule has 1 aliphatic heterocycles. The third kappa shape index (κ3) is 3.04. The Bertz CT molecular complexity index is 996. The molecule has 0 amide bonds. The number of ether oxygens (including phenoxy) is 2. The molecule has 1 fully saturated rings. The van der Waals surface area contributed by atoms with Crippen LogP contribution >= 0.6 is 0 Å². The number of carboxylic acid groups (broad SMARTS) is 1. The maximum atomic E-state index is 11.5. The monoisotopic (exact) mass is 382 g/mol. The fourth-order valence-electron chi connectivity index (χ4n) is 3.70. The summed E-state index contributed by atoms with van der Waals surface area (Å²) >= 11 is 0. The van der Waals surface area contributed by atoms with Crippen molar-refractivity contribution in [3.8, 4) is 5.75 Å². The van der Waals surface area contributed by atoms with Crippen LogP contribution < -0.4 is 0 Å². The van der Waals surface area contributed by atoms with Crippen molar-refractivity contribution >= 4 is 16.9 Å². The molecule has 3 aromatic rings. The van der Waals surface area contributed by atoms with Crippen molar-refractivity contribution in [2.24, 2.45) is 0 Å². The summed E-state index contributed by atoms with van der Waals surface area (Å²) in [5, 5.41) is 19.8. The first-order valence-corrected chi connectivity index (χ1v) is 9.42. The number of phenols is 1. The van der Waals surface area contributed by atoms with E-state index in [0.29, 0.717) is 36.2 Å². The third-order valence-corrected chi connectivity index (χ3v) is 5.04. The summed E-state index contributed by atoms with van der Waals surface area (Å²) in [6.07, 6.45) is 2.60. The molecule has 146 valence electrons. The highest BCUT2D eigenvalue weighted by Gasteiger charge is 2.45. The molecule has 0 aliphatic carbocycles. The van der Waals surface area contributed by atoms with Crippen LogP contribution in [0.2, 0.25) is 0 Å². The largest absolute Gasteiger partial charge is 0.508 e. The van der Waals surface area contributed by atoms with E-state index in [1.807, 2.05) is 0 Å². The second-order valence-electron chi connectivity index (χ2n) is 6.88. The van der Waals surface area contributed by atoms with Crippen LogP contribution in [0, 0.1) is 0 Å². The summed E-state index contributed by atoms with van der Waals surface area (Å²) in [6, 6.07) is 11.5. The number of hydrogen-bond donors (Lipinski definition) is 2. The minimum Gasteiger partial charge on any atom is -0.508 e. The first-order valence-electron chi connectivity index (χ1n) is 9.42. The summed E-state index contributed by atoms with van der Waals surface area (Å²) in [5.74, 6) is -1.32. The third-order valence-electron chi connectivity index (χ3n) is 5.04. The molecular formula is C22H22O6. The Hall–Kier alpha value is -2.83. The van der Waals surface area contributed by atoms with Gasteiger partial charge in [-0.1, -0.05) is 13.3 Å². The first-order chi connectivity index (χ1) is 13.5. The van der Waals surface area contributed by atoms with Crippen LogP contribution in [0.25, 0.3) is 11.0 Å². The van der Waals surface area contributed by atoms with E-state index in [1.165, 1.54) is 6.07 Å². The van der Waals surface area contributed by atoms with E-state index in [4.69, 9.17) is 13.9 Å². The van der Waals surface area contributed by atoms with Gasteiger partial charge in [0.1, 0.15) is 17.1 Å². The number of carbonyl (C=O) groups is 1. The molecule has 1 aliphatic rings. The van der Waals surface area contributed by atoms with Gasteiger partial charge in [0.25, 0.3) is 0 Å². The number of aromatic hydroxyl groups is 1. The number of rotatable bonds is 6. The van der Waals surface area contributed by atoms with Gasteiger partial charge in [-0.25, -0.2) is 4.79 Å². The highest BCUT2D eigenvalue weighted by atomic mass is 16.7. The molecule has 0 radical (unpaired) electrons. The number of carboxylic acids is 1. The van der Waals surface area contributed by atoms with Crippen LogP contribution in [-0.4, -0.2) is 29.4 Å². The second-order valence-corrected chi connectivity index (χ2v) is 6.88. The molecule has 1 aromatic heterocycles. The van der Waals surface area contributed by atoms with Gasteiger partial charge in [0.15, 0.2) is 0 Å². The zero-order chi connectivity index (χ0) is 19.7. The minimum absolute atomic E-state index is 0.147. The van der Waals surface area contributed by atoms with Crippen LogP contribution in [0.5, 0.6) is 5.75 Å². The molecule has 0 bridgehead atoms. The van der Waals surface area contributed by atoms with E-state index >= 15 is 0 Å². The lowest BCUT2D eigenvalue weighted by Crippen LogP contribution is -2.29. The molecule has 2 aromatic carbocycles. The van der Waals surface area contributed by atoms with Crippen molar-refractivity contribution in [2.75, 3.05) is 13.2 Å². The van der Waals surface area contributed by atoms with Gasteiger partial charge in [-0.2, -0.15) is 0 Å². The maximum absolute atomic E-state index is 11.5. The van der Waals surface area contributed by atoms with E-state index < -0.39 is 11.8 Å². The van der Waals surface area contributed by atoms with Crippen molar-refractivity contribution in [2.45, 2.75) is 32.0 Å². The molecule has 2 heterocycles. The zero-order valence-electron chi connectivity index (χ0n) is 15.6. The highest BCUT2D eigenvalue weighted by molar-refractivity contribution is 5.94. The van der Waals surface area contributed by atoms with Gasteiger partial charge in [0.05, 0.1) is 24.3 Å².